The molecule has 0 amide bonds. The fraction of sp³-hybridized carbons (Fsp3) is 0.762. The van der Waals surface area contributed by atoms with Gasteiger partial charge >= 0.3 is 11.9 Å². The molecule has 0 bridgehead atoms. The molecule has 7 nitrogen and oxygen atoms in total. The summed E-state index contributed by atoms with van der Waals surface area (Å²) in [7, 11) is 1.38. The number of carbonyl (C=O) groups excluding carboxylic acids is 3. The van der Waals surface area contributed by atoms with Crippen molar-refractivity contribution in [2.24, 2.45) is 11.8 Å². The lowest BCUT2D eigenvalue weighted by atomic mass is 9.91. The number of unbranched alkanes of at least 4 members (excludes halogenated alkanes) is 1. The van der Waals surface area contributed by atoms with Crippen molar-refractivity contribution in [3.63, 3.8) is 0 Å². The van der Waals surface area contributed by atoms with E-state index in [4.69, 9.17) is 14.2 Å². The van der Waals surface area contributed by atoms with Gasteiger partial charge in [-0.1, -0.05) is 12.2 Å². The van der Waals surface area contributed by atoms with Crippen LogP contribution >= 0.6 is 0 Å². The van der Waals surface area contributed by atoms with Crippen molar-refractivity contribution in [2.45, 2.75) is 76.8 Å². The first-order valence-electron chi connectivity index (χ1n) is 10.2. The van der Waals surface area contributed by atoms with Gasteiger partial charge in [0.05, 0.1) is 13.2 Å². The summed E-state index contributed by atoms with van der Waals surface area (Å²) >= 11 is 0. The summed E-state index contributed by atoms with van der Waals surface area (Å²) in [6.07, 6.45) is 9.85. The van der Waals surface area contributed by atoms with Gasteiger partial charge in [-0.25, -0.2) is 0 Å². The van der Waals surface area contributed by atoms with Gasteiger partial charge in [-0.15, -0.1) is 0 Å². The van der Waals surface area contributed by atoms with Crippen LogP contribution in [0.5, 0.6) is 0 Å². The van der Waals surface area contributed by atoms with Crippen LogP contribution < -0.4 is 0 Å². The standard InChI is InChI=1S/C21H32O7/c1-15(23)27-18-13-19(28-21-11-7-8-12-26-21)17(14-22)16(18)9-5-3-4-6-10-20(24)25-2/h3,5,14,16-19,21H,4,6-13H2,1-2H3/t16-,17-,18+,19-,21?/m1/s1. The zero-order chi connectivity index (χ0) is 20.4. The molecule has 0 aromatic carbocycles. The highest BCUT2D eigenvalue weighted by molar-refractivity contribution is 5.69. The number of methoxy groups -OCH3 is 1. The van der Waals surface area contributed by atoms with Gasteiger partial charge in [0.2, 0.25) is 0 Å². The van der Waals surface area contributed by atoms with Crippen molar-refractivity contribution in [2.75, 3.05) is 13.7 Å². The van der Waals surface area contributed by atoms with Crippen LogP contribution in [0.15, 0.2) is 12.2 Å². The van der Waals surface area contributed by atoms with Crippen LogP contribution in [0.4, 0.5) is 0 Å². The Bertz CT molecular complexity index is 539. The quantitative estimate of drug-likeness (QED) is 0.243. The topological polar surface area (TPSA) is 88.1 Å². The average molecular weight is 396 g/mol. The minimum atomic E-state index is -0.351. The van der Waals surface area contributed by atoms with Crippen LogP contribution in [0.25, 0.3) is 0 Å². The monoisotopic (exact) mass is 396 g/mol. The lowest BCUT2D eigenvalue weighted by Crippen LogP contribution is -2.32. The van der Waals surface area contributed by atoms with Gasteiger partial charge in [0.15, 0.2) is 6.29 Å². The summed E-state index contributed by atoms with van der Waals surface area (Å²) in [5, 5.41) is 0. The molecular formula is C21H32O7. The number of carbonyl (C=O) groups is 3. The van der Waals surface area contributed by atoms with E-state index in [9.17, 15) is 14.4 Å². The predicted octanol–water partition coefficient (Wildman–Crippen LogP) is 2.95. The van der Waals surface area contributed by atoms with Gasteiger partial charge in [0, 0.05) is 38.2 Å². The number of aldehydes is 1. The lowest BCUT2D eigenvalue weighted by molar-refractivity contribution is -0.195. The molecule has 1 saturated heterocycles. The largest absolute Gasteiger partial charge is 0.469 e. The molecule has 2 fully saturated rings. The number of hydrogen-bond donors (Lipinski definition) is 0. The molecule has 0 radical (unpaired) electrons. The van der Waals surface area contributed by atoms with Crippen LogP contribution in [-0.2, 0) is 33.3 Å². The summed E-state index contributed by atoms with van der Waals surface area (Å²) in [5.74, 6) is -1.03. The predicted molar refractivity (Wildman–Crippen MR) is 101 cm³/mol. The van der Waals surface area contributed by atoms with E-state index in [0.29, 0.717) is 32.3 Å². The van der Waals surface area contributed by atoms with Crippen LogP contribution in [0.3, 0.4) is 0 Å². The first kappa shape index (κ1) is 22.6. The van der Waals surface area contributed by atoms with Gasteiger partial charge < -0.3 is 23.7 Å². The first-order valence-corrected chi connectivity index (χ1v) is 10.2. The Hall–Kier alpha value is -1.73. The van der Waals surface area contributed by atoms with E-state index in [1.807, 2.05) is 12.2 Å². The number of hydrogen-bond acceptors (Lipinski definition) is 7. The molecule has 1 unspecified atom stereocenters. The van der Waals surface area contributed by atoms with E-state index >= 15 is 0 Å². The third-order valence-corrected chi connectivity index (χ3v) is 5.36. The normalized spacial score (nSPS) is 30.3. The Morgan fingerprint density at radius 2 is 2.00 bits per heavy atom. The molecule has 1 aliphatic carbocycles. The highest BCUT2D eigenvalue weighted by atomic mass is 16.7. The van der Waals surface area contributed by atoms with Crippen LogP contribution in [-0.4, -0.2) is 50.4 Å². The maximum absolute atomic E-state index is 11.8. The van der Waals surface area contributed by atoms with Crippen molar-refractivity contribution in [3.05, 3.63) is 12.2 Å². The second-order valence-corrected chi connectivity index (χ2v) is 7.41. The second kappa shape index (κ2) is 12.0. The Labute approximate surface area is 166 Å². The Balaban J connectivity index is 1.91. The summed E-state index contributed by atoms with van der Waals surface area (Å²) < 4.78 is 21.8. The van der Waals surface area contributed by atoms with E-state index in [2.05, 4.69) is 4.74 Å². The Morgan fingerprint density at radius 1 is 1.18 bits per heavy atom. The molecule has 0 aromatic heterocycles. The Kier molecular flexibility index (Phi) is 9.64. The molecule has 28 heavy (non-hydrogen) atoms. The molecule has 1 aliphatic heterocycles. The summed E-state index contributed by atoms with van der Waals surface area (Å²) in [6, 6.07) is 0. The van der Waals surface area contributed by atoms with Crippen molar-refractivity contribution in [1.29, 1.82) is 0 Å². The summed E-state index contributed by atoms with van der Waals surface area (Å²) in [4.78, 5) is 34.4. The van der Waals surface area contributed by atoms with Gasteiger partial charge in [-0.3, -0.25) is 9.59 Å². The minimum absolute atomic E-state index is 0.119. The van der Waals surface area contributed by atoms with Crippen molar-refractivity contribution in [3.8, 4) is 0 Å². The highest BCUT2D eigenvalue weighted by Gasteiger charge is 2.46. The van der Waals surface area contributed by atoms with Crippen LogP contribution in [0.2, 0.25) is 0 Å². The lowest BCUT2D eigenvalue weighted by Gasteiger charge is -2.27. The third kappa shape index (κ3) is 7.02. The Morgan fingerprint density at radius 3 is 2.64 bits per heavy atom. The number of esters is 2. The maximum Gasteiger partial charge on any atom is 0.305 e. The van der Waals surface area contributed by atoms with Crippen LogP contribution in [0, 0.1) is 11.8 Å². The molecule has 1 heterocycles. The third-order valence-electron chi connectivity index (χ3n) is 5.36. The second-order valence-electron chi connectivity index (χ2n) is 7.41. The summed E-state index contributed by atoms with van der Waals surface area (Å²) in [6.45, 7) is 2.06. The van der Waals surface area contributed by atoms with E-state index in [0.717, 1.165) is 32.0 Å². The highest BCUT2D eigenvalue weighted by Crippen LogP contribution is 2.39. The zero-order valence-corrected chi connectivity index (χ0v) is 16.8. The van der Waals surface area contributed by atoms with Crippen molar-refractivity contribution < 1.29 is 33.3 Å². The van der Waals surface area contributed by atoms with Gasteiger partial charge in [0.25, 0.3) is 0 Å². The van der Waals surface area contributed by atoms with E-state index in [1.165, 1.54) is 14.0 Å². The molecule has 1 saturated carbocycles. The fourth-order valence-corrected chi connectivity index (χ4v) is 3.93. The average Bonchev–Trinajstić information content (AvgIpc) is 3.00. The SMILES string of the molecule is COC(=O)CCCC=CC[C@@H]1[C@@H](C=O)[C@H](OC2CCCCO2)C[C@@H]1OC(C)=O. The maximum atomic E-state index is 11.8. The van der Waals surface area contributed by atoms with Crippen LogP contribution in [0.1, 0.15) is 58.3 Å². The minimum Gasteiger partial charge on any atom is -0.469 e. The molecule has 2 aliphatic rings. The molecule has 2 rings (SSSR count). The zero-order valence-electron chi connectivity index (χ0n) is 16.8. The smallest absolute Gasteiger partial charge is 0.305 e. The number of rotatable bonds is 10. The van der Waals surface area contributed by atoms with Crippen molar-refractivity contribution in [1.82, 2.24) is 0 Å². The molecule has 0 aromatic rings. The molecular weight excluding hydrogens is 364 g/mol. The van der Waals surface area contributed by atoms with E-state index in [-0.39, 0.29) is 42.3 Å². The number of ether oxygens (including phenoxy) is 4. The fourth-order valence-electron chi connectivity index (χ4n) is 3.93. The van der Waals surface area contributed by atoms with E-state index < -0.39 is 0 Å². The number of allylic oxidation sites excluding steroid dienone is 2. The van der Waals surface area contributed by atoms with Crippen molar-refractivity contribution >= 4 is 18.2 Å². The molecule has 0 spiro atoms. The van der Waals surface area contributed by atoms with Gasteiger partial charge in [-0.2, -0.15) is 0 Å². The van der Waals surface area contributed by atoms with Gasteiger partial charge in [-0.05, 0) is 38.5 Å². The molecule has 7 heteroatoms. The summed E-state index contributed by atoms with van der Waals surface area (Å²) in [5.41, 5.74) is 0. The molecule has 158 valence electrons. The van der Waals surface area contributed by atoms with E-state index in [1.54, 1.807) is 0 Å². The van der Waals surface area contributed by atoms with Gasteiger partial charge in [0.1, 0.15) is 12.4 Å². The molecule has 0 N–H and O–H groups in total. The first-order chi connectivity index (χ1) is 13.5. The molecule has 5 atom stereocenters.